The summed E-state index contributed by atoms with van der Waals surface area (Å²) in [5.41, 5.74) is 2.89. The van der Waals surface area contributed by atoms with E-state index in [1.54, 1.807) is 18.2 Å². The van der Waals surface area contributed by atoms with E-state index in [0.717, 1.165) is 11.3 Å². The van der Waals surface area contributed by atoms with Crippen molar-refractivity contribution in [2.75, 3.05) is 10.6 Å². The van der Waals surface area contributed by atoms with Gasteiger partial charge in [0.25, 0.3) is 5.91 Å². The number of nitrogens with one attached hydrogen (secondary N) is 2. The maximum atomic E-state index is 12.1. The van der Waals surface area contributed by atoms with Crippen LogP contribution in [-0.2, 0) is 4.79 Å². The minimum Gasteiger partial charge on any atom is -0.326 e. The number of aromatic nitrogens is 1. The molecule has 0 aliphatic carbocycles. The van der Waals surface area contributed by atoms with Crippen LogP contribution >= 0.6 is 11.3 Å². The first kappa shape index (κ1) is 14.2. The molecule has 0 fully saturated rings. The van der Waals surface area contributed by atoms with E-state index in [1.165, 1.54) is 18.3 Å². The van der Waals surface area contributed by atoms with Crippen LogP contribution in [0, 0.1) is 13.8 Å². The van der Waals surface area contributed by atoms with Crippen LogP contribution in [0.15, 0.2) is 23.6 Å². The molecule has 1 heterocycles. The molecule has 1 aromatic heterocycles. The number of nitrogens with zero attached hydrogens (tertiary/aromatic N) is 1. The van der Waals surface area contributed by atoms with Gasteiger partial charge in [-0.2, -0.15) is 0 Å². The monoisotopic (exact) mass is 289 g/mol. The number of rotatable bonds is 3. The van der Waals surface area contributed by atoms with Crippen molar-refractivity contribution in [3.05, 3.63) is 40.4 Å². The first-order valence-electron chi connectivity index (χ1n) is 6.07. The van der Waals surface area contributed by atoms with Gasteiger partial charge in [0.05, 0.1) is 5.69 Å². The van der Waals surface area contributed by atoms with E-state index < -0.39 is 0 Å². The Kier molecular flexibility index (Phi) is 4.14. The van der Waals surface area contributed by atoms with Gasteiger partial charge >= 0.3 is 0 Å². The minimum atomic E-state index is -0.244. The first-order valence-corrected chi connectivity index (χ1v) is 6.95. The molecule has 0 atom stereocenters. The third-order valence-corrected chi connectivity index (χ3v) is 3.53. The van der Waals surface area contributed by atoms with E-state index in [2.05, 4.69) is 15.6 Å². The molecule has 0 spiro atoms. The molecule has 2 N–H and O–H groups in total. The lowest BCUT2D eigenvalue weighted by molar-refractivity contribution is -0.114. The lowest BCUT2D eigenvalue weighted by atomic mass is 10.1. The molecule has 104 valence electrons. The first-order chi connectivity index (χ1) is 9.45. The molecule has 0 unspecified atom stereocenters. The summed E-state index contributed by atoms with van der Waals surface area (Å²) in [4.78, 5) is 27.4. The highest BCUT2D eigenvalue weighted by atomic mass is 32.1. The van der Waals surface area contributed by atoms with Gasteiger partial charge in [0.2, 0.25) is 5.91 Å². The van der Waals surface area contributed by atoms with Gasteiger partial charge in [-0.3, -0.25) is 14.9 Å². The standard InChI is InChI=1S/C14H15N3O2S/c1-8-4-5-11(6-12(8)16-10(3)18)13(19)17-14-15-9(2)7-20-14/h4-7H,1-3H3,(H,16,18)(H,15,17,19). The van der Waals surface area contributed by atoms with Crippen molar-refractivity contribution in [2.45, 2.75) is 20.8 Å². The average Bonchev–Trinajstić information content (AvgIpc) is 2.77. The van der Waals surface area contributed by atoms with Crippen LogP contribution in [0.4, 0.5) is 10.8 Å². The van der Waals surface area contributed by atoms with Gasteiger partial charge in [0.15, 0.2) is 5.13 Å². The van der Waals surface area contributed by atoms with E-state index in [-0.39, 0.29) is 11.8 Å². The van der Waals surface area contributed by atoms with Crippen LogP contribution in [0.1, 0.15) is 28.5 Å². The molecule has 1 aromatic carbocycles. The molecule has 0 saturated carbocycles. The molecular formula is C14H15N3O2S. The molecule has 2 amide bonds. The van der Waals surface area contributed by atoms with Gasteiger partial charge in [-0.1, -0.05) is 6.07 Å². The van der Waals surface area contributed by atoms with Gasteiger partial charge < -0.3 is 5.32 Å². The van der Waals surface area contributed by atoms with Crippen LogP contribution in [-0.4, -0.2) is 16.8 Å². The zero-order valence-electron chi connectivity index (χ0n) is 11.5. The van der Waals surface area contributed by atoms with Crippen LogP contribution in [0.2, 0.25) is 0 Å². The Hall–Kier alpha value is -2.21. The maximum absolute atomic E-state index is 12.1. The molecule has 2 rings (SSSR count). The summed E-state index contributed by atoms with van der Waals surface area (Å²) in [5.74, 6) is -0.410. The fraction of sp³-hybridized carbons (Fsp3) is 0.214. The third-order valence-electron chi connectivity index (χ3n) is 2.65. The zero-order chi connectivity index (χ0) is 14.7. The predicted octanol–water partition coefficient (Wildman–Crippen LogP) is 2.97. The maximum Gasteiger partial charge on any atom is 0.257 e. The highest BCUT2D eigenvalue weighted by Crippen LogP contribution is 2.19. The van der Waals surface area contributed by atoms with E-state index in [1.807, 2.05) is 19.2 Å². The number of aryl methyl sites for hydroxylation is 2. The molecular weight excluding hydrogens is 274 g/mol. The number of hydrogen-bond donors (Lipinski definition) is 2. The van der Waals surface area contributed by atoms with E-state index in [4.69, 9.17) is 0 Å². The molecule has 6 heteroatoms. The van der Waals surface area contributed by atoms with Crippen molar-refractivity contribution in [3.8, 4) is 0 Å². The van der Waals surface area contributed by atoms with Gasteiger partial charge in [-0.25, -0.2) is 4.98 Å². The lowest BCUT2D eigenvalue weighted by Crippen LogP contribution is -2.13. The smallest absolute Gasteiger partial charge is 0.257 e. The molecule has 5 nitrogen and oxygen atoms in total. The van der Waals surface area contributed by atoms with Gasteiger partial charge in [0, 0.05) is 23.6 Å². The Bertz CT molecular complexity index is 664. The molecule has 0 saturated heterocycles. The van der Waals surface area contributed by atoms with Crippen LogP contribution in [0.5, 0.6) is 0 Å². The summed E-state index contributed by atoms with van der Waals surface area (Å²) in [5, 5.41) is 7.87. The van der Waals surface area contributed by atoms with E-state index in [0.29, 0.717) is 16.4 Å². The second kappa shape index (κ2) is 5.83. The molecule has 2 aromatic rings. The third kappa shape index (κ3) is 3.42. The Morgan fingerprint density at radius 3 is 2.55 bits per heavy atom. The Morgan fingerprint density at radius 2 is 1.95 bits per heavy atom. The summed E-state index contributed by atoms with van der Waals surface area (Å²) in [6.45, 7) is 5.18. The van der Waals surface area contributed by atoms with Crippen LogP contribution in [0.3, 0.4) is 0 Å². The van der Waals surface area contributed by atoms with Crippen molar-refractivity contribution in [3.63, 3.8) is 0 Å². The molecule has 0 aliphatic rings. The van der Waals surface area contributed by atoms with E-state index >= 15 is 0 Å². The summed E-state index contributed by atoms with van der Waals surface area (Å²) in [6.07, 6.45) is 0. The van der Waals surface area contributed by atoms with Gasteiger partial charge in [-0.05, 0) is 31.5 Å². The van der Waals surface area contributed by atoms with E-state index in [9.17, 15) is 9.59 Å². The number of hydrogen-bond acceptors (Lipinski definition) is 4. The van der Waals surface area contributed by atoms with Crippen molar-refractivity contribution in [1.82, 2.24) is 4.98 Å². The normalized spacial score (nSPS) is 10.2. The van der Waals surface area contributed by atoms with Crippen molar-refractivity contribution >= 4 is 34.0 Å². The largest absolute Gasteiger partial charge is 0.326 e. The average molecular weight is 289 g/mol. The van der Waals surface area contributed by atoms with Gasteiger partial charge in [-0.15, -0.1) is 11.3 Å². The Balaban J connectivity index is 2.19. The number of thiazole rings is 1. The number of carbonyl (C=O) groups excluding carboxylic acids is 2. The molecule has 20 heavy (non-hydrogen) atoms. The Morgan fingerprint density at radius 1 is 1.20 bits per heavy atom. The number of anilines is 2. The lowest BCUT2D eigenvalue weighted by Gasteiger charge is -2.09. The second-order valence-corrected chi connectivity index (χ2v) is 5.32. The fourth-order valence-electron chi connectivity index (χ4n) is 1.67. The number of benzene rings is 1. The van der Waals surface area contributed by atoms with Crippen molar-refractivity contribution in [1.29, 1.82) is 0 Å². The molecule has 0 aliphatic heterocycles. The highest BCUT2D eigenvalue weighted by Gasteiger charge is 2.10. The predicted molar refractivity (Wildman–Crippen MR) is 80.3 cm³/mol. The summed E-state index contributed by atoms with van der Waals surface area (Å²) in [7, 11) is 0. The van der Waals surface area contributed by atoms with Crippen molar-refractivity contribution in [2.24, 2.45) is 0 Å². The highest BCUT2D eigenvalue weighted by molar-refractivity contribution is 7.13. The van der Waals surface area contributed by atoms with Crippen LogP contribution in [0.25, 0.3) is 0 Å². The second-order valence-electron chi connectivity index (χ2n) is 4.46. The summed E-state index contributed by atoms with van der Waals surface area (Å²) >= 11 is 1.38. The van der Waals surface area contributed by atoms with Gasteiger partial charge in [0.1, 0.15) is 0 Å². The number of carbonyl (C=O) groups is 2. The van der Waals surface area contributed by atoms with Crippen LogP contribution < -0.4 is 10.6 Å². The minimum absolute atomic E-state index is 0.166. The molecule has 0 bridgehead atoms. The SMILES string of the molecule is CC(=O)Nc1cc(C(=O)Nc2nc(C)cs2)ccc1C. The quantitative estimate of drug-likeness (QED) is 0.912. The fourth-order valence-corrected chi connectivity index (χ4v) is 2.35. The Labute approximate surface area is 121 Å². The molecule has 0 radical (unpaired) electrons. The summed E-state index contributed by atoms with van der Waals surface area (Å²) < 4.78 is 0. The number of amides is 2. The zero-order valence-corrected chi connectivity index (χ0v) is 12.3. The topological polar surface area (TPSA) is 71.1 Å². The summed E-state index contributed by atoms with van der Waals surface area (Å²) in [6, 6.07) is 5.18. The van der Waals surface area contributed by atoms with Crippen molar-refractivity contribution < 1.29 is 9.59 Å².